The van der Waals surface area contributed by atoms with Crippen LogP contribution in [-0.2, 0) is 16.4 Å². The maximum absolute atomic E-state index is 12.7. The first kappa shape index (κ1) is 26.9. The molecule has 0 bridgehead atoms. The van der Waals surface area contributed by atoms with Gasteiger partial charge < -0.3 is 14.3 Å². The van der Waals surface area contributed by atoms with Gasteiger partial charge in [0.15, 0.2) is 15.6 Å². The van der Waals surface area contributed by atoms with Crippen LogP contribution in [-0.4, -0.2) is 36.5 Å². The van der Waals surface area contributed by atoms with Crippen molar-refractivity contribution in [1.82, 2.24) is 10.9 Å². The second kappa shape index (κ2) is 11.1. The molecule has 12 nitrogen and oxygen atoms in total. The van der Waals surface area contributed by atoms with Gasteiger partial charge in [-0.3, -0.25) is 30.6 Å². The Balaban J connectivity index is 1.42. The van der Waals surface area contributed by atoms with Crippen LogP contribution in [0.3, 0.4) is 0 Å². The monoisotopic (exact) mass is 551 g/mol. The highest BCUT2D eigenvalue weighted by molar-refractivity contribution is 7.90. The number of hydrogen-bond donors (Lipinski definition) is 3. The molecule has 3 aromatic carbocycles. The number of sulfone groups is 1. The molecule has 3 N–H and O–H groups in total. The molecule has 200 valence electrons. The van der Waals surface area contributed by atoms with Crippen LogP contribution >= 0.6 is 0 Å². The lowest BCUT2D eigenvalue weighted by Gasteiger charge is -2.10. The third-order valence-electron chi connectivity index (χ3n) is 5.50. The van der Waals surface area contributed by atoms with Crippen molar-refractivity contribution < 1.29 is 37.2 Å². The lowest BCUT2D eigenvalue weighted by Crippen LogP contribution is -2.41. The molecule has 0 saturated carbocycles. The van der Waals surface area contributed by atoms with Crippen molar-refractivity contribution in [2.24, 2.45) is 0 Å². The molecule has 0 fully saturated rings. The van der Waals surface area contributed by atoms with E-state index in [1.54, 1.807) is 42.5 Å². The number of nitrogens with one attached hydrogen (secondary N) is 2. The van der Waals surface area contributed by atoms with Crippen molar-refractivity contribution in [3.05, 3.63) is 106 Å². The first-order valence-electron chi connectivity index (χ1n) is 11.2. The van der Waals surface area contributed by atoms with Crippen LogP contribution in [0.4, 0.5) is 5.69 Å². The zero-order chi connectivity index (χ0) is 28.2. The van der Waals surface area contributed by atoms with Crippen LogP contribution in [0, 0.1) is 10.1 Å². The average molecular weight is 552 g/mol. The Bertz CT molecular complexity index is 1660. The number of hydrazine groups is 1. The van der Waals surface area contributed by atoms with Gasteiger partial charge in [-0.1, -0.05) is 24.3 Å². The number of phenols is 1. The Morgan fingerprint density at radius 1 is 1.00 bits per heavy atom. The first-order chi connectivity index (χ1) is 18.5. The number of benzene rings is 3. The SMILES string of the molecule is CS(=O)(=O)c1ccc(COc2cccc(-c3ccoc3C(=O)NNC(=O)c3ccc(O)c([N+](=O)[O-])c3)c2)cc1. The Morgan fingerprint density at radius 3 is 2.41 bits per heavy atom. The van der Waals surface area contributed by atoms with E-state index in [2.05, 4.69) is 10.9 Å². The predicted octanol–water partition coefficient (Wildman–Crippen LogP) is 3.62. The fourth-order valence-corrected chi connectivity index (χ4v) is 4.15. The third-order valence-corrected chi connectivity index (χ3v) is 6.63. The molecule has 0 aliphatic rings. The minimum atomic E-state index is -3.30. The van der Waals surface area contributed by atoms with E-state index in [1.165, 1.54) is 18.4 Å². The van der Waals surface area contributed by atoms with Gasteiger partial charge in [-0.15, -0.1) is 0 Å². The molecule has 0 atom stereocenters. The zero-order valence-corrected chi connectivity index (χ0v) is 21.1. The molecule has 2 amide bonds. The number of hydrogen-bond acceptors (Lipinski definition) is 9. The highest BCUT2D eigenvalue weighted by Gasteiger charge is 2.20. The van der Waals surface area contributed by atoms with Crippen LogP contribution in [0.5, 0.6) is 11.5 Å². The van der Waals surface area contributed by atoms with Crippen molar-refractivity contribution >= 4 is 27.3 Å². The number of carbonyl (C=O) groups is 2. The third kappa shape index (κ3) is 6.40. The van der Waals surface area contributed by atoms with Gasteiger partial charge in [0.25, 0.3) is 5.91 Å². The summed E-state index contributed by atoms with van der Waals surface area (Å²) in [4.78, 5) is 35.4. The molecule has 13 heteroatoms. The molecule has 0 aliphatic heterocycles. The highest BCUT2D eigenvalue weighted by atomic mass is 32.2. The highest BCUT2D eigenvalue weighted by Crippen LogP contribution is 2.29. The topological polar surface area (TPSA) is 178 Å². The number of furan rings is 1. The summed E-state index contributed by atoms with van der Waals surface area (Å²) in [5, 5.41) is 20.5. The normalized spacial score (nSPS) is 11.0. The lowest BCUT2D eigenvalue weighted by atomic mass is 10.1. The summed E-state index contributed by atoms with van der Waals surface area (Å²) in [5.41, 5.74) is 5.28. The van der Waals surface area contributed by atoms with Crippen LogP contribution in [0.1, 0.15) is 26.5 Å². The fourth-order valence-electron chi connectivity index (χ4n) is 3.52. The van der Waals surface area contributed by atoms with E-state index in [1.807, 2.05) is 0 Å². The Morgan fingerprint density at radius 2 is 1.72 bits per heavy atom. The van der Waals surface area contributed by atoms with Crippen molar-refractivity contribution in [1.29, 1.82) is 0 Å². The molecule has 39 heavy (non-hydrogen) atoms. The van der Waals surface area contributed by atoms with E-state index >= 15 is 0 Å². The summed E-state index contributed by atoms with van der Waals surface area (Å²) in [6.07, 6.45) is 2.43. The Kier molecular flexibility index (Phi) is 7.63. The van der Waals surface area contributed by atoms with Gasteiger partial charge in [0, 0.05) is 23.4 Å². The minimum Gasteiger partial charge on any atom is -0.502 e. The predicted molar refractivity (Wildman–Crippen MR) is 138 cm³/mol. The van der Waals surface area contributed by atoms with Gasteiger partial charge in [0.1, 0.15) is 12.4 Å². The van der Waals surface area contributed by atoms with Gasteiger partial charge in [-0.25, -0.2) is 8.42 Å². The van der Waals surface area contributed by atoms with Gasteiger partial charge in [-0.2, -0.15) is 0 Å². The van der Waals surface area contributed by atoms with E-state index in [9.17, 15) is 33.2 Å². The van der Waals surface area contributed by atoms with Crippen molar-refractivity contribution in [3.63, 3.8) is 0 Å². The molecule has 0 spiro atoms. The summed E-state index contributed by atoms with van der Waals surface area (Å²) < 4.78 is 34.4. The molecular weight excluding hydrogens is 530 g/mol. The van der Waals surface area contributed by atoms with E-state index in [0.717, 1.165) is 30.0 Å². The molecule has 0 unspecified atom stereocenters. The minimum absolute atomic E-state index is 0.111. The summed E-state index contributed by atoms with van der Waals surface area (Å²) in [6, 6.07) is 17.7. The van der Waals surface area contributed by atoms with Crippen molar-refractivity contribution in [3.8, 4) is 22.6 Å². The second-order valence-electron chi connectivity index (χ2n) is 8.26. The molecule has 4 rings (SSSR count). The summed E-state index contributed by atoms with van der Waals surface area (Å²) >= 11 is 0. The Labute approximate surface area is 221 Å². The largest absolute Gasteiger partial charge is 0.502 e. The smallest absolute Gasteiger partial charge is 0.311 e. The lowest BCUT2D eigenvalue weighted by molar-refractivity contribution is -0.385. The number of nitrogens with zero attached hydrogens (tertiary/aromatic N) is 1. The van der Waals surface area contributed by atoms with E-state index in [0.29, 0.717) is 16.9 Å². The van der Waals surface area contributed by atoms with E-state index in [-0.39, 0.29) is 22.8 Å². The van der Waals surface area contributed by atoms with Gasteiger partial charge >= 0.3 is 11.6 Å². The standard InChI is InChI=1S/C26H21N3O9S/c1-39(35,36)20-8-5-16(6-9-20)15-38-19-4-2-3-17(13-19)21-11-12-37-24(21)26(32)28-27-25(31)18-7-10-23(30)22(14-18)29(33)34/h2-14,30H,15H2,1H3,(H,27,31)(H,28,32). The van der Waals surface area contributed by atoms with Crippen molar-refractivity contribution in [2.75, 3.05) is 6.26 Å². The number of aromatic hydroxyl groups is 1. The quantitative estimate of drug-likeness (QED) is 0.218. The van der Waals surface area contributed by atoms with Crippen LogP contribution in [0.2, 0.25) is 0 Å². The fraction of sp³-hybridized carbons (Fsp3) is 0.0769. The number of nitro groups is 1. The maximum Gasteiger partial charge on any atom is 0.311 e. The number of nitro benzene ring substituents is 1. The van der Waals surface area contributed by atoms with Crippen LogP contribution in [0.15, 0.2) is 88.4 Å². The van der Waals surface area contributed by atoms with Crippen LogP contribution in [0.25, 0.3) is 11.1 Å². The van der Waals surface area contributed by atoms with Gasteiger partial charge in [0.05, 0.1) is 16.1 Å². The summed E-state index contributed by atoms with van der Waals surface area (Å²) in [7, 11) is -3.30. The molecule has 1 heterocycles. The number of carbonyl (C=O) groups excluding carboxylic acids is 2. The summed E-state index contributed by atoms with van der Waals surface area (Å²) in [6.45, 7) is 0.174. The molecule has 0 radical (unpaired) electrons. The Hall–Kier alpha value is -5.17. The molecule has 1 aromatic heterocycles. The maximum atomic E-state index is 12.7. The van der Waals surface area contributed by atoms with E-state index in [4.69, 9.17) is 9.15 Å². The van der Waals surface area contributed by atoms with Gasteiger partial charge in [-0.05, 0) is 53.6 Å². The number of ether oxygens (including phenoxy) is 1. The molecule has 0 saturated heterocycles. The number of phenolic OH excluding ortho intramolecular Hbond substituents is 1. The average Bonchev–Trinajstić information content (AvgIpc) is 3.41. The first-order valence-corrected chi connectivity index (χ1v) is 13.1. The van der Waals surface area contributed by atoms with Crippen molar-refractivity contribution in [2.45, 2.75) is 11.5 Å². The van der Waals surface area contributed by atoms with E-state index < -0.39 is 38.0 Å². The number of amides is 2. The van der Waals surface area contributed by atoms with Gasteiger partial charge in [0.2, 0.25) is 5.76 Å². The second-order valence-corrected chi connectivity index (χ2v) is 10.3. The number of rotatable bonds is 8. The molecular formula is C26H21N3O9S. The zero-order valence-electron chi connectivity index (χ0n) is 20.3. The molecule has 4 aromatic rings. The molecule has 0 aliphatic carbocycles. The summed E-state index contributed by atoms with van der Waals surface area (Å²) in [5.74, 6) is -1.86. The van der Waals surface area contributed by atoms with Crippen LogP contribution < -0.4 is 15.6 Å².